The number of benzene rings is 3. The number of rotatable bonds is 7. The van der Waals surface area contributed by atoms with Gasteiger partial charge in [0, 0.05) is 12.1 Å². The first-order chi connectivity index (χ1) is 16.2. The maximum Gasteiger partial charge on any atom is 0.449 e. The molecule has 0 spiro atoms. The van der Waals surface area contributed by atoms with Crippen LogP contribution >= 0.6 is 0 Å². The molecule has 1 aromatic heterocycles. The van der Waals surface area contributed by atoms with Gasteiger partial charge in [0.25, 0.3) is 11.6 Å². The summed E-state index contributed by atoms with van der Waals surface area (Å²) in [4.78, 5) is 28.7. The Morgan fingerprint density at radius 1 is 1.06 bits per heavy atom. The minimum absolute atomic E-state index is 0.108. The molecule has 11 heteroatoms. The Kier molecular flexibility index (Phi) is 6.17. The Morgan fingerprint density at radius 2 is 1.76 bits per heavy atom. The number of nitro groups is 1. The van der Waals surface area contributed by atoms with Crippen LogP contribution in [0.25, 0.3) is 11.0 Å². The van der Waals surface area contributed by atoms with E-state index >= 15 is 0 Å². The Morgan fingerprint density at radius 3 is 2.41 bits per heavy atom. The number of imidazole rings is 1. The van der Waals surface area contributed by atoms with Crippen LogP contribution in [0.15, 0.2) is 72.8 Å². The van der Waals surface area contributed by atoms with Gasteiger partial charge in [0.2, 0.25) is 5.82 Å². The predicted molar refractivity (Wildman–Crippen MR) is 116 cm³/mol. The van der Waals surface area contributed by atoms with Crippen molar-refractivity contribution in [3.63, 3.8) is 0 Å². The van der Waals surface area contributed by atoms with E-state index in [9.17, 15) is 28.1 Å². The molecule has 0 saturated heterocycles. The summed E-state index contributed by atoms with van der Waals surface area (Å²) >= 11 is 0. The van der Waals surface area contributed by atoms with Gasteiger partial charge in [0.05, 0.1) is 22.0 Å². The molecule has 2 N–H and O–H groups in total. The predicted octanol–water partition coefficient (Wildman–Crippen LogP) is 4.77. The van der Waals surface area contributed by atoms with E-state index in [0.29, 0.717) is 11.1 Å². The maximum atomic E-state index is 13.0. The van der Waals surface area contributed by atoms with Crippen LogP contribution in [0.1, 0.15) is 23.0 Å². The Bertz CT molecular complexity index is 1320. The lowest BCUT2D eigenvalue weighted by Gasteiger charge is -2.20. The maximum absolute atomic E-state index is 13.0. The molecule has 0 aliphatic rings. The smallest absolute Gasteiger partial charge is 0.449 e. The van der Waals surface area contributed by atoms with Crippen molar-refractivity contribution in [2.24, 2.45) is 0 Å². The Labute approximate surface area is 190 Å². The lowest BCUT2D eigenvalue weighted by atomic mass is 9.98. The van der Waals surface area contributed by atoms with Gasteiger partial charge in [-0.05, 0) is 35.4 Å². The van der Waals surface area contributed by atoms with Crippen LogP contribution < -0.4 is 10.1 Å². The van der Waals surface area contributed by atoms with Crippen LogP contribution in [0.3, 0.4) is 0 Å². The molecule has 1 unspecified atom stereocenters. The molecule has 0 saturated carbocycles. The fourth-order valence-electron chi connectivity index (χ4n) is 3.36. The molecule has 4 rings (SSSR count). The highest BCUT2D eigenvalue weighted by Gasteiger charge is 2.34. The fraction of sp³-hybridized carbons (Fsp3) is 0.130. The Balaban J connectivity index is 1.54. The molecule has 0 radical (unpaired) electrons. The fourth-order valence-corrected chi connectivity index (χ4v) is 3.36. The topological polar surface area (TPSA) is 110 Å². The first-order valence-corrected chi connectivity index (χ1v) is 9.99. The summed E-state index contributed by atoms with van der Waals surface area (Å²) in [5, 5.41) is 13.6. The summed E-state index contributed by atoms with van der Waals surface area (Å²) < 4.78 is 44.4. The van der Waals surface area contributed by atoms with Crippen molar-refractivity contribution in [2.45, 2.75) is 12.2 Å². The van der Waals surface area contributed by atoms with E-state index < -0.39 is 28.9 Å². The molecule has 3 aromatic carbocycles. The number of hydrogen-bond acceptors (Lipinski definition) is 5. The average Bonchev–Trinajstić information content (AvgIpc) is 3.26. The number of amides is 1. The van der Waals surface area contributed by atoms with Crippen LogP contribution in [0.5, 0.6) is 5.75 Å². The van der Waals surface area contributed by atoms with Gasteiger partial charge in [0.1, 0.15) is 5.75 Å². The second-order valence-electron chi connectivity index (χ2n) is 7.31. The third-order valence-corrected chi connectivity index (χ3v) is 4.96. The van der Waals surface area contributed by atoms with Crippen LogP contribution in [0.2, 0.25) is 0 Å². The van der Waals surface area contributed by atoms with Crippen molar-refractivity contribution in [3.8, 4) is 5.75 Å². The normalized spacial score (nSPS) is 12.3. The zero-order valence-corrected chi connectivity index (χ0v) is 17.4. The minimum atomic E-state index is -4.61. The quantitative estimate of drug-likeness (QED) is 0.299. The molecular formula is C23H17F3N4O4. The number of nitrogens with zero attached hydrogens (tertiary/aromatic N) is 2. The molecule has 0 aliphatic carbocycles. The number of carbonyl (C=O) groups excluding carboxylic acids is 1. The lowest BCUT2D eigenvalue weighted by molar-refractivity contribution is -0.384. The van der Waals surface area contributed by atoms with E-state index in [1.165, 1.54) is 36.4 Å². The number of halogens is 3. The van der Waals surface area contributed by atoms with Gasteiger partial charge in [-0.2, -0.15) is 13.2 Å². The first-order valence-electron chi connectivity index (χ1n) is 9.99. The number of H-pyrrole nitrogens is 1. The van der Waals surface area contributed by atoms with Crippen molar-refractivity contribution >= 4 is 22.6 Å². The van der Waals surface area contributed by atoms with Gasteiger partial charge in [0.15, 0.2) is 6.61 Å². The molecule has 0 aliphatic heterocycles. The number of non-ortho nitro benzene ring substituents is 1. The van der Waals surface area contributed by atoms with E-state index in [-0.39, 0.29) is 29.1 Å². The minimum Gasteiger partial charge on any atom is -0.484 e. The number of aromatic nitrogens is 2. The molecule has 4 aromatic rings. The van der Waals surface area contributed by atoms with E-state index in [1.54, 1.807) is 36.4 Å². The van der Waals surface area contributed by atoms with Gasteiger partial charge in [-0.3, -0.25) is 14.9 Å². The first kappa shape index (κ1) is 22.8. The number of aromatic amines is 1. The molecule has 1 amide bonds. The van der Waals surface area contributed by atoms with Crippen molar-refractivity contribution < 1.29 is 27.6 Å². The molecule has 0 bridgehead atoms. The number of hydrogen-bond donors (Lipinski definition) is 2. The monoisotopic (exact) mass is 470 g/mol. The number of nitro benzene ring substituents is 1. The third kappa shape index (κ3) is 5.14. The summed E-state index contributed by atoms with van der Waals surface area (Å²) in [7, 11) is 0. The summed E-state index contributed by atoms with van der Waals surface area (Å²) in [5.74, 6) is -1.32. The van der Waals surface area contributed by atoms with Gasteiger partial charge in [-0.1, -0.05) is 36.4 Å². The van der Waals surface area contributed by atoms with Gasteiger partial charge in [-0.25, -0.2) is 4.98 Å². The largest absolute Gasteiger partial charge is 0.484 e. The van der Waals surface area contributed by atoms with Gasteiger partial charge in [-0.15, -0.1) is 0 Å². The molecule has 174 valence electrons. The van der Waals surface area contributed by atoms with E-state index in [4.69, 9.17) is 4.74 Å². The Hall–Kier alpha value is -4.41. The number of carbonyl (C=O) groups is 1. The molecule has 1 heterocycles. The molecule has 0 fully saturated rings. The summed E-state index contributed by atoms with van der Waals surface area (Å²) in [6.45, 7) is -0.369. The summed E-state index contributed by atoms with van der Waals surface area (Å²) in [6.07, 6.45) is -4.61. The highest BCUT2D eigenvalue weighted by atomic mass is 19.4. The van der Waals surface area contributed by atoms with E-state index in [0.717, 1.165) is 0 Å². The molecule has 8 nitrogen and oxygen atoms in total. The zero-order valence-electron chi connectivity index (χ0n) is 17.4. The lowest BCUT2D eigenvalue weighted by Crippen LogP contribution is -2.33. The average molecular weight is 470 g/mol. The van der Waals surface area contributed by atoms with Crippen LogP contribution in [-0.4, -0.2) is 27.4 Å². The molecule has 1 atom stereocenters. The summed E-state index contributed by atoms with van der Waals surface area (Å²) in [6, 6.07) is 18.1. The second-order valence-corrected chi connectivity index (χ2v) is 7.31. The van der Waals surface area contributed by atoms with Crippen LogP contribution in [-0.2, 0) is 11.0 Å². The van der Waals surface area contributed by atoms with Crippen molar-refractivity contribution in [1.82, 2.24) is 15.3 Å². The van der Waals surface area contributed by atoms with E-state index in [2.05, 4.69) is 15.3 Å². The summed E-state index contributed by atoms with van der Waals surface area (Å²) in [5.41, 5.74) is 1.47. The van der Waals surface area contributed by atoms with Gasteiger partial charge < -0.3 is 15.0 Å². The van der Waals surface area contributed by atoms with Crippen LogP contribution in [0, 0.1) is 10.1 Å². The number of alkyl halides is 3. The van der Waals surface area contributed by atoms with Crippen molar-refractivity contribution in [1.29, 1.82) is 0 Å². The molecular weight excluding hydrogens is 453 g/mol. The highest BCUT2D eigenvalue weighted by molar-refractivity contribution is 5.80. The zero-order chi connectivity index (χ0) is 24.3. The van der Waals surface area contributed by atoms with Crippen molar-refractivity contribution in [3.05, 3.63) is 99.9 Å². The van der Waals surface area contributed by atoms with Crippen molar-refractivity contribution in [2.75, 3.05) is 6.61 Å². The highest BCUT2D eigenvalue weighted by Crippen LogP contribution is 2.30. The number of ether oxygens (including phenoxy) is 1. The second kappa shape index (κ2) is 9.22. The van der Waals surface area contributed by atoms with Gasteiger partial charge >= 0.3 is 6.18 Å². The molecule has 34 heavy (non-hydrogen) atoms. The SMILES string of the molecule is O=C(COc1ccc([N+](=O)[O-])cc1)NC(c1ccccc1)c1ccc2nc(C(F)(F)F)[nH]c2c1. The standard InChI is InChI=1S/C23H17F3N4O4/c24-23(25,26)22-27-18-11-6-15(12-19(18)28-22)21(14-4-2-1-3-5-14)29-20(31)13-34-17-9-7-16(8-10-17)30(32)33/h1-12,21H,13H2,(H,27,28)(H,29,31). The van der Waals surface area contributed by atoms with E-state index in [1.807, 2.05) is 0 Å². The number of nitrogens with one attached hydrogen (secondary N) is 2. The van der Waals surface area contributed by atoms with Crippen LogP contribution in [0.4, 0.5) is 18.9 Å². The number of fused-ring (bicyclic) bond motifs is 1. The third-order valence-electron chi connectivity index (χ3n) is 4.96.